The van der Waals surface area contributed by atoms with Crippen molar-refractivity contribution in [3.05, 3.63) is 35.1 Å². The number of nitrogens with two attached hydrogens (primary N) is 1. The molecular formula is C18H27FN2. The predicted molar refractivity (Wildman–Crippen MR) is 87.4 cm³/mol. The van der Waals surface area contributed by atoms with Crippen LogP contribution in [0.25, 0.3) is 0 Å². The van der Waals surface area contributed by atoms with E-state index in [9.17, 15) is 4.39 Å². The van der Waals surface area contributed by atoms with Crippen LogP contribution in [0.3, 0.4) is 0 Å². The Bertz CT molecular complexity index is 488. The highest BCUT2D eigenvalue weighted by atomic mass is 19.1. The van der Waals surface area contributed by atoms with Gasteiger partial charge in [0.2, 0.25) is 0 Å². The lowest BCUT2D eigenvalue weighted by Gasteiger charge is -2.28. The lowest BCUT2D eigenvalue weighted by Crippen LogP contribution is -2.33. The quantitative estimate of drug-likeness (QED) is 0.778. The Balaban J connectivity index is 2.96. The normalized spacial score (nSPS) is 12.1. The molecule has 0 spiro atoms. The fourth-order valence-electron chi connectivity index (χ4n) is 2.24. The SMILES string of the molecule is CCCCN(Cc1ccc(F)cc1C#CCN)C(C)CC. The predicted octanol–water partition coefficient (Wildman–Crippen LogP) is 3.54. The molecule has 1 aromatic carbocycles. The molecule has 0 saturated heterocycles. The van der Waals surface area contributed by atoms with Crippen molar-refractivity contribution in [2.45, 2.75) is 52.6 Å². The van der Waals surface area contributed by atoms with E-state index in [0.717, 1.165) is 30.6 Å². The summed E-state index contributed by atoms with van der Waals surface area (Å²) < 4.78 is 13.4. The zero-order valence-electron chi connectivity index (χ0n) is 13.5. The van der Waals surface area contributed by atoms with E-state index in [0.29, 0.717) is 12.6 Å². The summed E-state index contributed by atoms with van der Waals surface area (Å²) in [6, 6.07) is 5.37. The van der Waals surface area contributed by atoms with Gasteiger partial charge >= 0.3 is 0 Å². The molecule has 0 aromatic heterocycles. The highest BCUT2D eigenvalue weighted by Gasteiger charge is 2.14. The van der Waals surface area contributed by atoms with Crippen molar-refractivity contribution in [1.82, 2.24) is 4.90 Å². The van der Waals surface area contributed by atoms with Crippen LogP contribution in [0.15, 0.2) is 18.2 Å². The molecular weight excluding hydrogens is 263 g/mol. The third-order valence-electron chi connectivity index (χ3n) is 3.78. The maximum atomic E-state index is 13.4. The highest BCUT2D eigenvalue weighted by Crippen LogP contribution is 2.16. The summed E-state index contributed by atoms with van der Waals surface area (Å²) in [4.78, 5) is 2.45. The zero-order valence-corrected chi connectivity index (χ0v) is 13.5. The van der Waals surface area contributed by atoms with Crippen molar-refractivity contribution in [2.75, 3.05) is 13.1 Å². The maximum Gasteiger partial charge on any atom is 0.124 e. The number of hydrogen-bond donors (Lipinski definition) is 1. The standard InChI is InChI=1S/C18H27FN2/c1-4-6-12-21(15(3)5-2)14-17-9-10-18(19)13-16(17)8-7-11-20/h9-10,13,15H,4-6,11-12,14,20H2,1-3H3. The fraction of sp³-hybridized carbons (Fsp3) is 0.556. The van der Waals surface area contributed by atoms with Crippen molar-refractivity contribution in [3.63, 3.8) is 0 Å². The van der Waals surface area contributed by atoms with Gasteiger partial charge in [-0.3, -0.25) is 4.90 Å². The molecule has 1 aromatic rings. The summed E-state index contributed by atoms with van der Waals surface area (Å²) in [7, 11) is 0. The van der Waals surface area contributed by atoms with Crippen LogP contribution >= 0.6 is 0 Å². The minimum absolute atomic E-state index is 0.247. The summed E-state index contributed by atoms with van der Waals surface area (Å²) in [5, 5.41) is 0. The lowest BCUT2D eigenvalue weighted by atomic mass is 10.1. The molecule has 21 heavy (non-hydrogen) atoms. The van der Waals surface area contributed by atoms with E-state index in [1.54, 1.807) is 0 Å². The molecule has 1 unspecified atom stereocenters. The van der Waals surface area contributed by atoms with Crippen LogP contribution in [0.5, 0.6) is 0 Å². The third-order valence-corrected chi connectivity index (χ3v) is 3.78. The molecule has 2 nitrogen and oxygen atoms in total. The van der Waals surface area contributed by atoms with Gasteiger partial charge in [-0.15, -0.1) is 0 Å². The molecule has 0 amide bonds. The van der Waals surface area contributed by atoms with Gasteiger partial charge in [0.05, 0.1) is 6.54 Å². The van der Waals surface area contributed by atoms with E-state index in [1.165, 1.54) is 25.0 Å². The summed E-state index contributed by atoms with van der Waals surface area (Å²) in [5.41, 5.74) is 7.26. The molecule has 0 radical (unpaired) electrons. The van der Waals surface area contributed by atoms with Gasteiger partial charge < -0.3 is 5.73 Å². The largest absolute Gasteiger partial charge is 0.320 e. The molecule has 116 valence electrons. The van der Waals surface area contributed by atoms with Crippen LogP contribution in [0, 0.1) is 17.7 Å². The van der Waals surface area contributed by atoms with Gasteiger partial charge in [-0.25, -0.2) is 4.39 Å². The number of rotatable bonds is 7. The van der Waals surface area contributed by atoms with E-state index < -0.39 is 0 Å². The van der Waals surface area contributed by atoms with Crippen LogP contribution in [0.1, 0.15) is 51.2 Å². The van der Waals surface area contributed by atoms with E-state index in [1.807, 2.05) is 6.07 Å². The number of hydrogen-bond acceptors (Lipinski definition) is 2. The molecule has 0 aliphatic heterocycles. The molecule has 0 aliphatic rings. The topological polar surface area (TPSA) is 29.3 Å². The fourth-order valence-corrected chi connectivity index (χ4v) is 2.24. The van der Waals surface area contributed by atoms with E-state index in [4.69, 9.17) is 5.73 Å². The van der Waals surface area contributed by atoms with Crippen molar-refractivity contribution in [3.8, 4) is 11.8 Å². The summed E-state index contributed by atoms with van der Waals surface area (Å²) >= 11 is 0. The maximum absolute atomic E-state index is 13.4. The van der Waals surface area contributed by atoms with Gasteiger partial charge in [-0.05, 0) is 44.0 Å². The van der Waals surface area contributed by atoms with Crippen LogP contribution in [-0.2, 0) is 6.54 Å². The van der Waals surface area contributed by atoms with Gasteiger partial charge in [-0.1, -0.05) is 38.2 Å². The second-order valence-electron chi connectivity index (χ2n) is 5.39. The minimum Gasteiger partial charge on any atom is -0.320 e. The van der Waals surface area contributed by atoms with Crippen molar-refractivity contribution in [2.24, 2.45) is 5.73 Å². The number of unbranched alkanes of at least 4 members (excludes halogenated alkanes) is 1. The van der Waals surface area contributed by atoms with E-state index >= 15 is 0 Å². The van der Waals surface area contributed by atoms with Crippen molar-refractivity contribution >= 4 is 0 Å². The molecule has 0 saturated carbocycles. The molecule has 3 heteroatoms. The number of nitrogens with zero attached hydrogens (tertiary/aromatic N) is 1. The first kappa shape index (κ1) is 17.7. The van der Waals surface area contributed by atoms with Crippen molar-refractivity contribution in [1.29, 1.82) is 0 Å². The molecule has 1 rings (SSSR count). The molecule has 2 N–H and O–H groups in total. The Morgan fingerprint density at radius 3 is 2.71 bits per heavy atom. The average molecular weight is 290 g/mol. The summed E-state index contributed by atoms with van der Waals surface area (Å²) in [6.07, 6.45) is 3.46. The van der Waals surface area contributed by atoms with Gasteiger partial charge in [0.1, 0.15) is 5.82 Å². The van der Waals surface area contributed by atoms with Crippen LogP contribution in [0.2, 0.25) is 0 Å². The zero-order chi connectivity index (χ0) is 15.7. The average Bonchev–Trinajstić information content (AvgIpc) is 2.50. The van der Waals surface area contributed by atoms with Crippen LogP contribution < -0.4 is 5.73 Å². The Labute approximate surface area is 128 Å². The Hall–Kier alpha value is -1.37. The highest BCUT2D eigenvalue weighted by molar-refractivity contribution is 5.42. The molecule has 1 atom stereocenters. The first-order chi connectivity index (χ1) is 10.1. The molecule has 0 bridgehead atoms. The number of halogens is 1. The second-order valence-corrected chi connectivity index (χ2v) is 5.39. The van der Waals surface area contributed by atoms with Gasteiger partial charge in [-0.2, -0.15) is 0 Å². The molecule has 0 aliphatic carbocycles. The van der Waals surface area contributed by atoms with Gasteiger partial charge in [0, 0.05) is 18.2 Å². The van der Waals surface area contributed by atoms with Gasteiger partial charge in [0.15, 0.2) is 0 Å². The number of benzene rings is 1. The Kier molecular flexibility index (Phi) is 8.04. The first-order valence-corrected chi connectivity index (χ1v) is 7.83. The first-order valence-electron chi connectivity index (χ1n) is 7.83. The summed E-state index contributed by atoms with van der Waals surface area (Å²) in [5.74, 6) is 5.57. The lowest BCUT2D eigenvalue weighted by molar-refractivity contribution is 0.192. The third kappa shape index (κ3) is 5.87. The van der Waals surface area contributed by atoms with Crippen molar-refractivity contribution < 1.29 is 4.39 Å². The Morgan fingerprint density at radius 2 is 2.10 bits per heavy atom. The minimum atomic E-state index is -0.247. The molecule has 0 heterocycles. The van der Waals surface area contributed by atoms with E-state index in [2.05, 4.69) is 37.5 Å². The summed E-state index contributed by atoms with van der Waals surface area (Å²) in [6.45, 7) is 8.80. The van der Waals surface area contributed by atoms with Gasteiger partial charge in [0.25, 0.3) is 0 Å². The monoisotopic (exact) mass is 290 g/mol. The van der Waals surface area contributed by atoms with Crippen LogP contribution in [0.4, 0.5) is 4.39 Å². The molecule has 0 fully saturated rings. The Morgan fingerprint density at radius 1 is 1.33 bits per heavy atom. The smallest absolute Gasteiger partial charge is 0.124 e. The van der Waals surface area contributed by atoms with Crippen LogP contribution in [-0.4, -0.2) is 24.0 Å². The van der Waals surface area contributed by atoms with E-state index in [-0.39, 0.29) is 5.82 Å². The second kappa shape index (κ2) is 9.55.